The van der Waals surface area contributed by atoms with Crippen LogP contribution in [0.25, 0.3) is 33.0 Å². The van der Waals surface area contributed by atoms with Crippen LogP contribution in [0.4, 0.5) is 4.79 Å². The Morgan fingerprint density at radius 3 is 2.46 bits per heavy atom. The minimum Gasteiger partial charge on any atom is -0.444 e. The van der Waals surface area contributed by atoms with E-state index in [2.05, 4.69) is 10.3 Å². The lowest BCUT2D eigenvalue weighted by Crippen LogP contribution is -2.46. The zero-order chi connectivity index (χ0) is 27.6. The van der Waals surface area contributed by atoms with Crippen molar-refractivity contribution in [3.05, 3.63) is 101 Å². The van der Waals surface area contributed by atoms with Crippen molar-refractivity contribution < 1.29 is 23.5 Å². The molecule has 8 nitrogen and oxygen atoms in total. The van der Waals surface area contributed by atoms with Gasteiger partial charge in [0.25, 0.3) is 0 Å². The van der Waals surface area contributed by atoms with Gasteiger partial charge in [-0.25, -0.2) is 14.4 Å². The topological polar surface area (TPSA) is 111 Å². The molecule has 0 bridgehead atoms. The van der Waals surface area contributed by atoms with Crippen LogP contribution in [0, 0.1) is 0 Å². The molecule has 0 aliphatic heterocycles. The Bertz CT molecular complexity index is 1710. The number of benzene rings is 3. The molecule has 1 atom stereocenters. The minimum atomic E-state index is -1.04. The predicted octanol–water partition coefficient (Wildman–Crippen LogP) is 5.98. The summed E-state index contributed by atoms with van der Waals surface area (Å²) in [7, 11) is 0. The summed E-state index contributed by atoms with van der Waals surface area (Å²) in [5.41, 5.74) is 2.33. The number of H-pyrrole nitrogens is 1. The van der Waals surface area contributed by atoms with E-state index >= 15 is 0 Å². The van der Waals surface area contributed by atoms with Crippen molar-refractivity contribution in [1.29, 1.82) is 0 Å². The average molecular weight is 525 g/mol. The van der Waals surface area contributed by atoms with Gasteiger partial charge in [-0.1, -0.05) is 48.5 Å². The number of hydrogen-bond donors (Lipinski definition) is 2. The number of nitrogens with one attached hydrogen (secondary N) is 2. The lowest BCUT2D eigenvalue weighted by molar-refractivity contribution is -0.136. The second-order valence-electron chi connectivity index (χ2n) is 10.2. The second-order valence-corrected chi connectivity index (χ2v) is 10.2. The van der Waals surface area contributed by atoms with Crippen LogP contribution in [0.15, 0.2) is 94.3 Å². The molecule has 1 amide bonds. The zero-order valence-electron chi connectivity index (χ0n) is 21.8. The number of aromatic amines is 1. The standard InChI is InChI=1S/C31H28N2O6/c1-31(2,3)39-30(36)33-26(15-20-18-32-25-12-8-7-11-22(20)25)29(35)37-21-13-14-23-24(19-9-5-4-6-10-19)17-28(34)38-27(23)16-21/h4-14,16-18,26,32H,15H2,1-3H3,(H,33,36)/t26-/m0/s1. The summed E-state index contributed by atoms with van der Waals surface area (Å²) < 4.78 is 16.5. The van der Waals surface area contributed by atoms with Crippen LogP contribution in [0.5, 0.6) is 5.75 Å². The minimum absolute atomic E-state index is 0.170. The number of ether oxygens (including phenoxy) is 2. The Morgan fingerprint density at radius 1 is 0.949 bits per heavy atom. The van der Waals surface area contributed by atoms with Crippen molar-refractivity contribution >= 4 is 33.9 Å². The van der Waals surface area contributed by atoms with E-state index in [1.165, 1.54) is 12.1 Å². The first-order chi connectivity index (χ1) is 18.7. The molecule has 8 heteroatoms. The maximum atomic E-state index is 13.4. The molecule has 0 saturated heterocycles. The van der Waals surface area contributed by atoms with Crippen LogP contribution >= 0.6 is 0 Å². The van der Waals surface area contributed by atoms with E-state index in [0.717, 1.165) is 22.0 Å². The van der Waals surface area contributed by atoms with E-state index in [1.807, 2.05) is 54.6 Å². The molecule has 0 fully saturated rings. The van der Waals surface area contributed by atoms with Crippen molar-refractivity contribution in [2.45, 2.75) is 38.8 Å². The van der Waals surface area contributed by atoms with Crippen LogP contribution in [0.3, 0.4) is 0 Å². The summed E-state index contributed by atoms with van der Waals surface area (Å²) in [6, 6.07) is 22.4. The average Bonchev–Trinajstić information content (AvgIpc) is 3.30. The Kier molecular flexibility index (Phi) is 6.94. The first-order valence-electron chi connectivity index (χ1n) is 12.6. The number of para-hydroxylation sites is 1. The lowest BCUT2D eigenvalue weighted by Gasteiger charge is -2.23. The van der Waals surface area contributed by atoms with Crippen LogP contribution < -0.4 is 15.7 Å². The third-order valence-corrected chi connectivity index (χ3v) is 6.09. The van der Waals surface area contributed by atoms with Gasteiger partial charge in [-0.3, -0.25) is 0 Å². The van der Waals surface area contributed by atoms with Crippen molar-refractivity contribution in [1.82, 2.24) is 10.3 Å². The number of amides is 1. The van der Waals surface area contributed by atoms with E-state index < -0.39 is 29.3 Å². The second kappa shape index (κ2) is 10.5. The first-order valence-corrected chi connectivity index (χ1v) is 12.6. The molecule has 2 N–H and O–H groups in total. The van der Waals surface area contributed by atoms with Crippen molar-refractivity contribution in [2.24, 2.45) is 0 Å². The van der Waals surface area contributed by atoms with Crippen LogP contribution in [-0.4, -0.2) is 28.7 Å². The molecule has 0 spiro atoms. The molecule has 0 radical (unpaired) electrons. The van der Waals surface area contributed by atoms with Crippen LogP contribution in [0.1, 0.15) is 26.3 Å². The Morgan fingerprint density at radius 2 is 1.69 bits per heavy atom. The molecular weight excluding hydrogens is 496 g/mol. The molecule has 3 aromatic carbocycles. The van der Waals surface area contributed by atoms with E-state index in [0.29, 0.717) is 10.9 Å². The highest BCUT2D eigenvalue weighted by Crippen LogP contribution is 2.30. The molecule has 0 saturated carbocycles. The molecule has 39 heavy (non-hydrogen) atoms. The Labute approximate surface area is 224 Å². The molecule has 5 rings (SSSR count). The summed E-state index contributed by atoms with van der Waals surface area (Å²) in [6.45, 7) is 5.23. The van der Waals surface area contributed by atoms with Crippen molar-refractivity contribution in [3.63, 3.8) is 0 Å². The smallest absolute Gasteiger partial charge is 0.408 e. The monoisotopic (exact) mass is 524 g/mol. The number of fused-ring (bicyclic) bond motifs is 2. The lowest BCUT2D eigenvalue weighted by atomic mass is 10.0. The van der Waals surface area contributed by atoms with E-state index in [9.17, 15) is 14.4 Å². The molecule has 198 valence electrons. The maximum Gasteiger partial charge on any atom is 0.408 e. The highest BCUT2D eigenvalue weighted by Gasteiger charge is 2.27. The number of alkyl carbamates (subject to hydrolysis) is 1. The molecular formula is C31H28N2O6. The summed E-state index contributed by atoms with van der Waals surface area (Å²) in [4.78, 5) is 41.5. The molecule has 0 aliphatic carbocycles. The van der Waals surface area contributed by atoms with E-state index in [1.54, 1.807) is 39.1 Å². The van der Waals surface area contributed by atoms with Gasteiger partial charge in [0.15, 0.2) is 0 Å². The number of hydrogen-bond acceptors (Lipinski definition) is 6. The molecule has 2 heterocycles. The molecule has 2 aromatic heterocycles. The summed E-state index contributed by atoms with van der Waals surface area (Å²) >= 11 is 0. The SMILES string of the molecule is CC(C)(C)OC(=O)N[C@@H](Cc1c[nH]c2ccccc12)C(=O)Oc1ccc2c(-c3ccccc3)cc(=O)oc2c1. The molecule has 0 unspecified atom stereocenters. The van der Waals surface area contributed by atoms with Gasteiger partial charge in [-0.2, -0.15) is 0 Å². The molecule has 5 aromatic rings. The van der Waals surface area contributed by atoms with Gasteiger partial charge in [0.2, 0.25) is 0 Å². The first kappa shape index (κ1) is 25.8. The van der Waals surface area contributed by atoms with Gasteiger partial charge in [-0.15, -0.1) is 0 Å². The van der Waals surface area contributed by atoms with Crippen molar-refractivity contribution in [3.8, 4) is 16.9 Å². The fourth-order valence-electron chi connectivity index (χ4n) is 4.41. The number of aromatic nitrogens is 1. The fourth-order valence-corrected chi connectivity index (χ4v) is 4.41. The normalized spacial score (nSPS) is 12.3. The maximum absolute atomic E-state index is 13.4. The number of carbonyl (C=O) groups excluding carboxylic acids is 2. The van der Waals surface area contributed by atoms with Gasteiger partial charge in [0, 0.05) is 41.0 Å². The van der Waals surface area contributed by atoms with E-state index in [4.69, 9.17) is 13.9 Å². The highest BCUT2D eigenvalue weighted by molar-refractivity contribution is 5.94. The summed E-state index contributed by atoms with van der Waals surface area (Å²) in [5.74, 6) is -0.511. The van der Waals surface area contributed by atoms with Gasteiger partial charge >= 0.3 is 17.7 Å². The third-order valence-electron chi connectivity index (χ3n) is 6.09. The summed E-state index contributed by atoms with van der Waals surface area (Å²) in [6.07, 6.45) is 1.24. The predicted molar refractivity (Wildman–Crippen MR) is 149 cm³/mol. The zero-order valence-corrected chi connectivity index (χ0v) is 21.8. The van der Waals surface area contributed by atoms with Gasteiger partial charge in [0.1, 0.15) is 23.0 Å². The van der Waals surface area contributed by atoms with Crippen LogP contribution in [0.2, 0.25) is 0 Å². The largest absolute Gasteiger partial charge is 0.444 e. The molecule has 0 aliphatic rings. The number of carbonyl (C=O) groups is 2. The van der Waals surface area contributed by atoms with Crippen LogP contribution in [-0.2, 0) is 16.0 Å². The Balaban J connectivity index is 1.43. The van der Waals surface area contributed by atoms with Crippen molar-refractivity contribution in [2.75, 3.05) is 0 Å². The van der Waals surface area contributed by atoms with Gasteiger partial charge < -0.3 is 24.2 Å². The van der Waals surface area contributed by atoms with E-state index in [-0.39, 0.29) is 17.8 Å². The Hall–Kier alpha value is -4.85. The fraction of sp³-hybridized carbons (Fsp3) is 0.194. The highest BCUT2D eigenvalue weighted by atomic mass is 16.6. The number of esters is 1. The van der Waals surface area contributed by atoms with Gasteiger partial charge in [0.05, 0.1) is 0 Å². The third kappa shape index (κ3) is 6.01. The number of rotatable bonds is 6. The summed E-state index contributed by atoms with van der Waals surface area (Å²) in [5, 5.41) is 4.28. The quantitative estimate of drug-likeness (QED) is 0.161. The van der Waals surface area contributed by atoms with Gasteiger partial charge in [-0.05, 0) is 55.7 Å².